The monoisotopic (exact) mass is 331 g/mol. The minimum Gasteiger partial charge on any atom is -0.379 e. The SMILES string of the molecule is CCn1ncc(NC2CCCC2SC)c(Br)c1=O. The third kappa shape index (κ3) is 2.74. The molecule has 0 saturated heterocycles. The minimum absolute atomic E-state index is 0.0683. The Morgan fingerprint density at radius 1 is 1.61 bits per heavy atom. The van der Waals surface area contributed by atoms with Crippen LogP contribution in [0, 0.1) is 0 Å². The van der Waals surface area contributed by atoms with Crippen molar-refractivity contribution in [2.24, 2.45) is 0 Å². The Bertz CT molecular complexity index is 477. The van der Waals surface area contributed by atoms with Crippen LogP contribution in [0.2, 0.25) is 0 Å². The lowest BCUT2D eigenvalue weighted by Gasteiger charge is -2.21. The number of nitrogens with one attached hydrogen (secondary N) is 1. The normalized spacial score (nSPS) is 23.3. The van der Waals surface area contributed by atoms with Crippen LogP contribution in [0.3, 0.4) is 0 Å². The quantitative estimate of drug-likeness (QED) is 0.921. The van der Waals surface area contributed by atoms with Crippen molar-refractivity contribution in [2.75, 3.05) is 11.6 Å². The Kier molecular flexibility index (Phi) is 4.72. The smallest absolute Gasteiger partial charge is 0.283 e. The first-order valence-electron chi connectivity index (χ1n) is 6.22. The van der Waals surface area contributed by atoms with Crippen molar-refractivity contribution in [3.63, 3.8) is 0 Å². The summed E-state index contributed by atoms with van der Waals surface area (Å²) in [5, 5.41) is 8.24. The van der Waals surface area contributed by atoms with Gasteiger partial charge in [-0.1, -0.05) is 6.42 Å². The third-order valence-corrected chi connectivity index (χ3v) is 5.32. The van der Waals surface area contributed by atoms with Crippen LogP contribution in [0.15, 0.2) is 15.5 Å². The van der Waals surface area contributed by atoms with E-state index in [1.165, 1.54) is 17.5 Å². The van der Waals surface area contributed by atoms with Crippen LogP contribution >= 0.6 is 27.7 Å². The van der Waals surface area contributed by atoms with Gasteiger partial charge in [0.25, 0.3) is 5.56 Å². The molecule has 2 atom stereocenters. The van der Waals surface area contributed by atoms with Crippen LogP contribution in [-0.4, -0.2) is 27.3 Å². The number of aryl methyl sites for hydroxylation is 1. The molecule has 1 aliphatic carbocycles. The molecule has 2 unspecified atom stereocenters. The van der Waals surface area contributed by atoms with Crippen LogP contribution in [-0.2, 0) is 6.54 Å². The summed E-state index contributed by atoms with van der Waals surface area (Å²) in [5.74, 6) is 0. The molecule has 0 spiro atoms. The van der Waals surface area contributed by atoms with Crippen molar-refractivity contribution < 1.29 is 0 Å². The van der Waals surface area contributed by atoms with Gasteiger partial charge in [0.05, 0.1) is 11.9 Å². The van der Waals surface area contributed by atoms with Crippen molar-refractivity contribution >= 4 is 33.4 Å². The fourth-order valence-electron chi connectivity index (χ4n) is 2.36. The van der Waals surface area contributed by atoms with Gasteiger partial charge in [0.15, 0.2) is 0 Å². The molecule has 1 heterocycles. The molecule has 100 valence electrons. The van der Waals surface area contributed by atoms with Crippen LogP contribution in [0.4, 0.5) is 5.69 Å². The van der Waals surface area contributed by atoms with E-state index < -0.39 is 0 Å². The van der Waals surface area contributed by atoms with Crippen LogP contribution in [0.5, 0.6) is 0 Å². The Labute approximate surface area is 120 Å². The number of nitrogens with zero attached hydrogens (tertiary/aromatic N) is 2. The second-order valence-electron chi connectivity index (χ2n) is 4.45. The van der Waals surface area contributed by atoms with Crippen LogP contribution in [0.1, 0.15) is 26.2 Å². The molecule has 1 aromatic heterocycles. The molecule has 2 rings (SSSR count). The topological polar surface area (TPSA) is 46.9 Å². The van der Waals surface area contributed by atoms with Gasteiger partial charge in [0.2, 0.25) is 0 Å². The second-order valence-corrected chi connectivity index (χ2v) is 6.32. The average Bonchev–Trinajstić information content (AvgIpc) is 2.82. The zero-order valence-corrected chi connectivity index (χ0v) is 13.1. The van der Waals surface area contributed by atoms with Gasteiger partial charge in [-0.25, -0.2) is 4.68 Å². The lowest BCUT2D eigenvalue weighted by molar-refractivity contribution is 0.611. The van der Waals surface area contributed by atoms with Gasteiger partial charge >= 0.3 is 0 Å². The van der Waals surface area contributed by atoms with E-state index in [-0.39, 0.29) is 5.56 Å². The molecule has 0 bridgehead atoms. The molecule has 18 heavy (non-hydrogen) atoms. The summed E-state index contributed by atoms with van der Waals surface area (Å²) in [7, 11) is 0. The average molecular weight is 332 g/mol. The number of aromatic nitrogens is 2. The summed E-state index contributed by atoms with van der Waals surface area (Å²) < 4.78 is 2.04. The number of hydrogen-bond donors (Lipinski definition) is 1. The summed E-state index contributed by atoms with van der Waals surface area (Å²) in [6, 6.07) is 0.440. The molecule has 0 aliphatic heterocycles. The summed E-state index contributed by atoms with van der Waals surface area (Å²) in [5.41, 5.74) is 0.747. The van der Waals surface area contributed by atoms with E-state index in [0.29, 0.717) is 22.3 Å². The third-order valence-electron chi connectivity index (χ3n) is 3.38. The Morgan fingerprint density at radius 2 is 2.39 bits per heavy atom. The van der Waals surface area contributed by atoms with Crippen LogP contribution < -0.4 is 10.9 Å². The van der Waals surface area contributed by atoms with Gasteiger partial charge in [-0.2, -0.15) is 16.9 Å². The van der Waals surface area contributed by atoms with E-state index >= 15 is 0 Å². The van der Waals surface area contributed by atoms with E-state index in [0.717, 1.165) is 12.1 Å². The molecular formula is C12H18BrN3OS. The minimum atomic E-state index is -0.0683. The van der Waals surface area contributed by atoms with E-state index in [9.17, 15) is 4.79 Å². The highest BCUT2D eigenvalue weighted by Crippen LogP contribution is 2.31. The van der Waals surface area contributed by atoms with Gasteiger partial charge < -0.3 is 5.32 Å². The first kappa shape index (κ1) is 13.9. The number of halogens is 1. The highest BCUT2D eigenvalue weighted by molar-refractivity contribution is 9.10. The predicted octanol–water partition coefficient (Wildman–Crippen LogP) is 2.72. The van der Waals surface area contributed by atoms with E-state index in [2.05, 4.69) is 32.6 Å². The summed E-state index contributed by atoms with van der Waals surface area (Å²) in [6.07, 6.45) is 7.54. The molecule has 1 N–H and O–H groups in total. The second kappa shape index (κ2) is 6.10. The van der Waals surface area contributed by atoms with E-state index in [4.69, 9.17) is 0 Å². The van der Waals surface area contributed by atoms with E-state index in [1.54, 1.807) is 6.20 Å². The maximum absolute atomic E-state index is 12.0. The van der Waals surface area contributed by atoms with Crippen molar-refractivity contribution in [3.05, 3.63) is 21.0 Å². The molecular weight excluding hydrogens is 314 g/mol. The lowest BCUT2D eigenvalue weighted by Crippen LogP contribution is -2.29. The van der Waals surface area contributed by atoms with Gasteiger partial charge in [-0.05, 0) is 42.0 Å². The molecule has 1 saturated carbocycles. The lowest BCUT2D eigenvalue weighted by atomic mass is 10.2. The highest BCUT2D eigenvalue weighted by Gasteiger charge is 2.27. The number of rotatable bonds is 4. The van der Waals surface area contributed by atoms with Crippen molar-refractivity contribution in [3.8, 4) is 0 Å². The molecule has 1 aliphatic rings. The predicted molar refractivity (Wildman–Crippen MR) is 80.4 cm³/mol. The number of hydrogen-bond acceptors (Lipinski definition) is 4. The fourth-order valence-corrected chi connectivity index (χ4v) is 3.72. The summed E-state index contributed by atoms with van der Waals surface area (Å²) in [4.78, 5) is 12.0. The highest BCUT2D eigenvalue weighted by atomic mass is 79.9. The van der Waals surface area contributed by atoms with Crippen molar-refractivity contribution in [1.82, 2.24) is 9.78 Å². The van der Waals surface area contributed by atoms with Gasteiger partial charge in [0.1, 0.15) is 4.47 Å². The first-order chi connectivity index (χ1) is 8.67. The Morgan fingerprint density at radius 3 is 3.06 bits per heavy atom. The molecule has 1 aromatic rings. The van der Waals surface area contributed by atoms with Gasteiger partial charge in [-0.15, -0.1) is 0 Å². The first-order valence-corrected chi connectivity index (χ1v) is 8.30. The maximum atomic E-state index is 12.0. The van der Waals surface area contributed by atoms with Crippen molar-refractivity contribution in [2.45, 2.75) is 44.0 Å². The van der Waals surface area contributed by atoms with Gasteiger partial charge in [-0.3, -0.25) is 4.79 Å². The molecule has 0 aromatic carbocycles. The zero-order valence-electron chi connectivity index (χ0n) is 10.6. The standard InChI is InChI=1S/C12H18BrN3OS/c1-3-16-12(17)11(13)9(7-14-16)15-8-5-4-6-10(8)18-2/h7-8,10,15H,3-6H2,1-2H3. The summed E-state index contributed by atoms with van der Waals surface area (Å²) in [6.45, 7) is 2.50. The molecule has 6 heteroatoms. The molecule has 4 nitrogen and oxygen atoms in total. The molecule has 0 radical (unpaired) electrons. The van der Waals surface area contributed by atoms with E-state index in [1.807, 2.05) is 18.7 Å². The van der Waals surface area contributed by atoms with Crippen LogP contribution in [0.25, 0.3) is 0 Å². The fraction of sp³-hybridized carbons (Fsp3) is 0.667. The Balaban J connectivity index is 2.19. The molecule has 1 fully saturated rings. The maximum Gasteiger partial charge on any atom is 0.283 e. The molecule has 0 amide bonds. The number of thioether (sulfide) groups is 1. The number of anilines is 1. The van der Waals surface area contributed by atoms with Gasteiger partial charge in [0, 0.05) is 17.8 Å². The van der Waals surface area contributed by atoms with Crippen molar-refractivity contribution in [1.29, 1.82) is 0 Å². The largest absolute Gasteiger partial charge is 0.379 e. The zero-order chi connectivity index (χ0) is 13.1. The Hall–Kier alpha value is -0.490. The summed E-state index contributed by atoms with van der Waals surface area (Å²) >= 11 is 5.27.